The first-order valence-electron chi connectivity index (χ1n) is 8.33. The molecule has 0 radical (unpaired) electrons. The van der Waals surface area contributed by atoms with E-state index in [1.165, 1.54) is 25.9 Å². The van der Waals surface area contributed by atoms with Crippen molar-refractivity contribution in [1.82, 2.24) is 15.1 Å². The van der Waals surface area contributed by atoms with Crippen LogP contribution in [0, 0.1) is 0 Å². The van der Waals surface area contributed by atoms with Crippen molar-refractivity contribution in [1.29, 1.82) is 0 Å². The zero-order chi connectivity index (χ0) is 14.8. The molecule has 0 aromatic carbocycles. The van der Waals surface area contributed by atoms with Crippen molar-refractivity contribution >= 4 is 0 Å². The van der Waals surface area contributed by atoms with Gasteiger partial charge in [0, 0.05) is 36.8 Å². The Bertz CT molecular complexity index is 296. The van der Waals surface area contributed by atoms with Crippen molar-refractivity contribution in [3.05, 3.63) is 0 Å². The summed E-state index contributed by atoms with van der Waals surface area (Å²) >= 11 is 0. The minimum absolute atomic E-state index is 0.0342. The molecule has 1 saturated carbocycles. The lowest BCUT2D eigenvalue weighted by Crippen LogP contribution is -2.61. The normalized spacial score (nSPS) is 41.0. The largest absolute Gasteiger partial charge is 0.394 e. The van der Waals surface area contributed by atoms with Crippen molar-refractivity contribution in [3.63, 3.8) is 0 Å². The molecule has 2 N–H and O–H groups in total. The fourth-order valence-corrected chi connectivity index (χ4v) is 4.12. The summed E-state index contributed by atoms with van der Waals surface area (Å²) in [6.07, 6.45) is 4.73. The van der Waals surface area contributed by atoms with Gasteiger partial charge in [0.15, 0.2) is 0 Å². The van der Waals surface area contributed by atoms with Crippen LogP contribution in [0.25, 0.3) is 0 Å². The van der Waals surface area contributed by atoms with Gasteiger partial charge in [0.2, 0.25) is 0 Å². The van der Waals surface area contributed by atoms with E-state index in [4.69, 9.17) is 0 Å². The maximum absolute atomic E-state index is 9.85. The van der Waals surface area contributed by atoms with E-state index < -0.39 is 0 Å². The third-order valence-electron chi connectivity index (χ3n) is 5.58. The average molecular weight is 283 g/mol. The maximum atomic E-state index is 9.85. The van der Waals surface area contributed by atoms with Gasteiger partial charge in [0.1, 0.15) is 0 Å². The van der Waals surface area contributed by atoms with Crippen molar-refractivity contribution in [2.45, 2.75) is 70.1 Å². The number of aliphatic hydroxyl groups is 1. The molecular weight excluding hydrogens is 250 g/mol. The molecule has 1 saturated heterocycles. The maximum Gasteiger partial charge on any atom is 0.0613 e. The van der Waals surface area contributed by atoms with Crippen LogP contribution >= 0.6 is 0 Å². The van der Waals surface area contributed by atoms with Gasteiger partial charge in [0.25, 0.3) is 0 Å². The lowest BCUT2D eigenvalue weighted by atomic mass is 9.78. The molecule has 1 aliphatic carbocycles. The third kappa shape index (κ3) is 3.35. The van der Waals surface area contributed by atoms with Gasteiger partial charge in [-0.15, -0.1) is 0 Å². The van der Waals surface area contributed by atoms with Crippen LogP contribution in [0.4, 0.5) is 0 Å². The first kappa shape index (κ1) is 16.2. The molecular formula is C16H33N3O. The zero-order valence-corrected chi connectivity index (χ0v) is 13.7. The molecule has 20 heavy (non-hydrogen) atoms. The molecule has 0 aromatic rings. The Hall–Kier alpha value is -0.160. The van der Waals surface area contributed by atoms with E-state index in [1.807, 2.05) is 0 Å². The number of hydrogen-bond donors (Lipinski definition) is 2. The van der Waals surface area contributed by atoms with E-state index in [1.54, 1.807) is 0 Å². The van der Waals surface area contributed by atoms with Gasteiger partial charge >= 0.3 is 0 Å². The molecule has 0 bridgehead atoms. The molecule has 0 spiro atoms. The van der Waals surface area contributed by atoms with E-state index in [0.29, 0.717) is 18.1 Å². The number of piperazine rings is 1. The second-order valence-corrected chi connectivity index (χ2v) is 7.04. The molecule has 2 rings (SSSR count). The Labute approximate surface area is 124 Å². The van der Waals surface area contributed by atoms with E-state index in [9.17, 15) is 5.11 Å². The van der Waals surface area contributed by atoms with E-state index >= 15 is 0 Å². The van der Waals surface area contributed by atoms with Gasteiger partial charge in [-0.2, -0.15) is 0 Å². The van der Waals surface area contributed by atoms with E-state index in [0.717, 1.165) is 19.4 Å². The number of likely N-dealkylation sites (N-methyl/N-ethyl adjacent to an activating group) is 2. The van der Waals surface area contributed by atoms with Gasteiger partial charge in [0.05, 0.1) is 6.61 Å². The number of rotatable bonds is 4. The molecule has 1 aliphatic heterocycles. The summed E-state index contributed by atoms with van der Waals surface area (Å²) in [7, 11) is 2.24. The summed E-state index contributed by atoms with van der Waals surface area (Å²) in [6, 6.07) is 1.89. The molecule has 4 atom stereocenters. The van der Waals surface area contributed by atoms with Crippen LogP contribution in [0.15, 0.2) is 0 Å². The summed E-state index contributed by atoms with van der Waals surface area (Å²) in [5, 5.41) is 13.4. The molecule has 4 heteroatoms. The van der Waals surface area contributed by atoms with Crippen molar-refractivity contribution in [2.75, 3.05) is 33.3 Å². The first-order valence-corrected chi connectivity index (χ1v) is 8.33. The second-order valence-electron chi connectivity index (χ2n) is 7.04. The highest BCUT2D eigenvalue weighted by atomic mass is 16.3. The number of hydrogen-bond acceptors (Lipinski definition) is 4. The predicted molar refractivity (Wildman–Crippen MR) is 84.0 cm³/mol. The molecule has 0 aromatic heterocycles. The first-order chi connectivity index (χ1) is 9.51. The van der Waals surface area contributed by atoms with E-state index in [-0.39, 0.29) is 12.1 Å². The van der Waals surface area contributed by atoms with Crippen LogP contribution in [0.3, 0.4) is 0 Å². The second kappa shape index (κ2) is 6.73. The Morgan fingerprint density at radius 1 is 1.25 bits per heavy atom. The van der Waals surface area contributed by atoms with Crippen molar-refractivity contribution in [2.24, 2.45) is 0 Å². The van der Waals surface area contributed by atoms with Crippen molar-refractivity contribution in [3.8, 4) is 0 Å². The monoisotopic (exact) mass is 283 g/mol. The lowest BCUT2D eigenvalue weighted by molar-refractivity contribution is -0.000787. The van der Waals surface area contributed by atoms with Gasteiger partial charge in [-0.05, 0) is 53.1 Å². The molecule has 2 aliphatic rings. The Kier molecular flexibility index (Phi) is 5.46. The molecule has 118 valence electrons. The van der Waals surface area contributed by atoms with E-state index in [2.05, 4.69) is 42.9 Å². The van der Waals surface area contributed by atoms with Crippen LogP contribution in [-0.2, 0) is 0 Å². The highest BCUT2D eigenvalue weighted by Crippen LogP contribution is 2.32. The SMILES string of the molecule is CCNC1(CO)CCCC(N2CC(C)N(C)C(C)C2)C1. The Morgan fingerprint density at radius 2 is 1.90 bits per heavy atom. The molecule has 2 fully saturated rings. The van der Waals surface area contributed by atoms with Gasteiger partial charge in [-0.25, -0.2) is 0 Å². The summed E-state index contributed by atoms with van der Waals surface area (Å²) in [6.45, 7) is 10.3. The topological polar surface area (TPSA) is 38.7 Å². The summed E-state index contributed by atoms with van der Waals surface area (Å²) < 4.78 is 0. The zero-order valence-electron chi connectivity index (χ0n) is 13.7. The van der Waals surface area contributed by atoms with Crippen LogP contribution in [-0.4, -0.2) is 71.9 Å². The number of nitrogens with zero attached hydrogens (tertiary/aromatic N) is 2. The van der Waals surface area contributed by atoms with Crippen molar-refractivity contribution < 1.29 is 5.11 Å². The molecule has 1 heterocycles. The van der Waals surface area contributed by atoms with Gasteiger partial charge in [-0.1, -0.05) is 6.92 Å². The smallest absolute Gasteiger partial charge is 0.0613 e. The van der Waals surface area contributed by atoms with Crippen LogP contribution < -0.4 is 5.32 Å². The minimum atomic E-state index is -0.0342. The highest BCUT2D eigenvalue weighted by molar-refractivity contribution is 4.98. The predicted octanol–water partition coefficient (Wildman–Crippen LogP) is 1.29. The molecule has 4 unspecified atom stereocenters. The quantitative estimate of drug-likeness (QED) is 0.815. The molecule has 0 amide bonds. The average Bonchev–Trinajstić information content (AvgIpc) is 2.45. The summed E-state index contributed by atoms with van der Waals surface area (Å²) in [5.74, 6) is 0. The Morgan fingerprint density at radius 3 is 2.45 bits per heavy atom. The van der Waals surface area contributed by atoms with Crippen LogP contribution in [0.5, 0.6) is 0 Å². The van der Waals surface area contributed by atoms with Gasteiger partial charge < -0.3 is 10.4 Å². The van der Waals surface area contributed by atoms with Crippen LogP contribution in [0.1, 0.15) is 46.5 Å². The lowest BCUT2D eigenvalue weighted by Gasteiger charge is -2.50. The number of aliphatic hydroxyl groups excluding tert-OH is 1. The fourth-order valence-electron chi connectivity index (χ4n) is 4.12. The molecule has 4 nitrogen and oxygen atoms in total. The van der Waals surface area contributed by atoms with Gasteiger partial charge in [-0.3, -0.25) is 9.80 Å². The number of nitrogens with one attached hydrogen (secondary N) is 1. The standard InChI is InChI=1S/C16H33N3O/c1-5-17-16(12-20)8-6-7-15(9-16)19-10-13(2)18(4)14(3)11-19/h13-15,17,20H,5-12H2,1-4H3. The highest BCUT2D eigenvalue weighted by Gasteiger charge is 2.39. The Balaban J connectivity index is 2.01. The van der Waals surface area contributed by atoms with Crippen LogP contribution in [0.2, 0.25) is 0 Å². The third-order valence-corrected chi connectivity index (χ3v) is 5.58. The summed E-state index contributed by atoms with van der Waals surface area (Å²) in [4.78, 5) is 5.17. The summed E-state index contributed by atoms with van der Waals surface area (Å²) in [5.41, 5.74) is -0.0342. The minimum Gasteiger partial charge on any atom is -0.394 e. The fraction of sp³-hybridized carbons (Fsp3) is 1.00.